The van der Waals surface area contributed by atoms with E-state index in [1.54, 1.807) is 0 Å². The van der Waals surface area contributed by atoms with E-state index in [1.165, 1.54) is 22.3 Å². The second-order valence-corrected chi connectivity index (χ2v) is 8.27. The molecular formula is C27H31ClN2O. The number of rotatable bonds is 5. The molecule has 0 saturated carbocycles. The third kappa shape index (κ3) is 5.36. The number of halogens is 1. The highest BCUT2D eigenvalue weighted by molar-refractivity contribution is 5.94. The lowest BCUT2D eigenvalue weighted by atomic mass is 9.88. The molecule has 4 rings (SSSR count). The molecule has 0 aliphatic carbocycles. The molecule has 1 fully saturated rings. The summed E-state index contributed by atoms with van der Waals surface area (Å²) in [6, 6.07) is 27.2. The van der Waals surface area contributed by atoms with Crippen molar-refractivity contribution in [3.8, 4) is 0 Å². The Kier molecular flexibility index (Phi) is 7.89. The van der Waals surface area contributed by atoms with Crippen molar-refractivity contribution >= 4 is 18.3 Å². The largest absolute Gasteiger partial charge is 0.339 e. The Balaban J connectivity index is 0.00000272. The van der Waals surface area contributed by atoms with Gasteiger partial charge in [0.15, 0.2) is 0 Å². The molecule has 31 heavy (non-hydrogen) atoms. The molecular weight excluding hydrogens is 404 g/mol. The number of carbonyl (C=O) groups excluding carboxylic acids is 1. The van der Waals surface area contributed by atoms with Crippen LogP contribution in [-0.2, 0) is 6.54 Å². The number of likely N-dealkylation sites (tertiary alicyclic amines) is 1. The number of carbonyl (C=O) groups is 1. The fourth-order valence-corrected chi connectivity index (χ4v) is 4.45. The maximum Gasteiger partial charge on any atom is 0.253 e. The molecule has 2 N–H and O–H groups in total. The van der Waals surface area contributed by atoms with Gasteiger partial charge in [-0.15, -0.1) is 12.4 Å². The minimum atomic E-state index is 0. The minimum Gasteiger partial charge on any atom is -0.339 e. The number of nitrogens with two attached hydrogens (primary N) is 1. The lowest BCUT2D eigenvalue weighted by molar-refractivity contribution is 0.0713. The number of benzene rings is 3. The first-order valence-corrected chi connectivity index (χ1v) is 10.9. The van der Waals surface area contributed by atoms with Crippen LogP contribution >= 0.6 is 12.4 Å². The molecule has 3 aromatic carbocycles. The quantitative estimate of drug-likeness (QED) is 0.556. The molecule has 1 aliphatic rings. The molecule has 1 unspecified atom stereocenters. The molecule has 4 heteroatoms. The predicted octanol–water partition coefficient (Wildman–Crippen LogP) is 5.74. The molecule has 0 aromatic heterocycles. The third-order valence-corrected chi connectivity index (χ3v) is 6.37. The van der Waals surface area contributed by atoms with Crippen LogP contribution in [0.1, 0.15) is 64.2 Å². The van der Waals surface area contributed by atoms with Crippen molar-refractivity contribution in [2.45, 2.75) is 38.1 Å². The van der Waals surface area contributed by atoms with Gasteiger partial charge in [-0.1, -0.05) is 73.7 Å². The standard InChI is InChI=1S/C27H30N2O.ClH/c1-20(22-8-3-2-4-9-22)24-10-6-12-26(18-24)27(30)29-15-13-23(14-16-29)25-11-5-7-21(17-25)19-28;/h2-12,17-18,20,23H,13-16,19,28H2,1H3;1H. The molecule has 0 spiro atoms. The van der Waals surface area contributed by atoms with Gasteiger partial charge in [0.2, 0.25) is 0 Å². The molecule has 0 bridgehead atoms. The molecule has 1 heterocycles. The van der Waals surface area contributed by atoms with Gasteiger partial charge in [0.05, 0.1) is 0 Å². The second-order valence-electron chi connectivity index (χ2n) is 8.27. The van der Waals surface area contributed by atoms with E-state index in [0.717, 1.165) is 31.5 Å². The molecule has 0 radical (unpaired) electrons. The summed E-state index contributed by atoms with van der Waals surface area (Å²) in [6.45, 7) is 4.37. The fraction of sp³-hybridized carbons (Fsp3) is 0.296. The van der Waals surface area contributed by atoms with Crippen LogP contribution in [0.4, 0.5) is 0 Å². The average molecular weight is 435 g/mol. The zero-order valence-corrected chi connectivity index (χ0v) is 18.9. The lowest BCUT2D eigenvalue weighted by Gasteiger charge is -2.32. The van der Waals surface area contributed by atoms with Crippen LogP contribution < -0.4 is 5.73 Å². The van der Waals surface area contributed by atoms with Gasteiger partial charge in [0.25, 0.3) is 5.91 Å². The van der Waals surface area contributed by atoms with Crippen LogP contribution in [0.3, 0.4) is 0 Å². The third-order valence-electron chi connectivity index (χ3n) is 6.37. The molecule has 1 atom stereocenters. The first-order chi connectivity index (χ1) is 14.7. The van der Waals surface area contributed by atoms with Crippen LogP contribution in [-0.4, -0.2) is 23.9 Å². The van der Waals surface area contributed by atoms with Gasteiger partial charge >= 0.3 is 0 Å². The summed E-state index contributed by atoms with van der Waals surface area (Å²) >= 11 is 0. The Morgan fingerprint density at radius 3 is 2.32 bits per heavy atom. The van der Waals surface area contributed by atoms with Gasteiger partial charge in [0.1, 0.15) is 0 Å². The topological polar surface area (TPSA) is 46.3 Å². The van der Waals surface area contributed by atoms with Gasteiger partial charge < -0.3 is 10.6 Å². The predicted molar refractivity (Wildman–Crippen MR) is 130 cm³/mol. The van der Waals surface area contributed by atoms with Gasteiger partial charge in [-0.05, 0) is 53.1 Å². The van der Waals surface area contributed by atoms with Crippen molar-refractivity contribution in [2.24, 2.45) is 5.73 Å². The van der Waals surface area contributed by atoms with Crippen LogP contribution in [0.25, 0.3) is 0 Å². The maximum atomic E-state index is 13.2. The SMILES string of the molecule is CC(c1ccccc1)c1cccc(C(=O)N2CCC(c3cccc(CN)c3)CC2)c1.Cl. The summed E-state index contributed by atoms with van der Waals surface area (Å²) in [6.07, 6.45) is 2.00. The second kappa shape index (κ2) is 10.6. The fourth-order valence-electron chi connectivity index (χ4n) is 4.45. The van der Waals surface area contributed by atoms with Crippen molar-refractivity contribution in [3.05, 3.63) is 107 Å². The molecule has 3 nitrogen and oxygen atoms in total. The van der Waals surface area contributed by atoms with E-state index in [-0.39, 0.29) is 24.2 Å². The van der Waals surface area contributed by atoms with Gasteiger partial charge in [0, 0.05) is 31.1 Å². The van der Waals surface area contributed by atoms with Crippen LogP contribution in [0, 0.1) is 0 Å². The number of amides is 1. The van der Waals surface area contributed by atoms with Crippen molar-refractivity contribution in [1.82, 2.24) is 4.90 Å². The molecule has 162 valence electrons. The van der Waals surface area contributed by atoms with Crippen molar-refractivity contribution < 1.29 is 4.79 Å². The first kappa shape index (κ1) is 23.1. The smallest absolute Gasteiger partial charge is 0.253 e. The van der Waals surface area contributed by atoms with Gasteiger partial charge in [-0.2, -0.15) is 0 Å². The number of hydrogen-bond acceptors (Lipinski definition) is 2. The van der Waals surface area contributed by atoms with Crippen LogP contribution in [0.5, 0.6) is 0 Å². The van der Waals surface area contributed by atoms with E-state index < -0.39 is 0 Å². The molecule has 1 saturated heterocycles. The Hall–Kier alpha value is -2.62. The van der Waals surface area contributed by atoms with Crippen molar-refractivity contribution in [1.29, 1.82) is 0 Å². The highest BCUT2D eigenvalue weighted by Crippen LogP contribution is 2.30. The summed E-state index contributed by atoms with van der Waals surface area (Å²) in [7, 11) is 0. The highest BCUT2D eigenvalue weighted by Gasteiger charge is 2.25. The monoisotopic (exact) mass is 434 g/mol. The Labute approximate surface area is 191 Å². The number of piperidine rings is 1. The van der Waals surface area contributed by atoms with Crippen molar-refractivity contribution in [3.63, 3.8) is 0 Å². The minimum absolute atomic E-state index is 0. The van der Waals surface area contributed by atoms with Crippen LogP contribution in [0.2, 0.25) is 0 Å². The normalized spacial score (nSPS) is 15.2. The van der Waals surface area contributed by atoms with Gasteiger partial charge in [-0.3, -0.25) is 4.79 Å². The summed E-state index contributed by atoms with van der Waals surface area (Å²) < 4.78 is 0. The summed E-state index contributed by atoms with van der Waals surface area (Å²) in [5.74, 6) is 0.913. The molecule has 1 aliphatic heterocycles. The zero-order chi connectivity index (χ0) is 20.9. The Bertz CT molecular complexity index is 997. The first-order valence-electron chi connectivity index (χ1n) is 10.9. The molecule has 1 amide bonds. The summed E-state index contributed by atoms with van der Waals surface area (Å²) in [5, 5.41) is 0. The average Bonchev–Trinajstić information content (AvgIpc) is 2.84. The number of hydrogen-bond donors (Lipinski definition) is 1. The lowest BCUT2D eigenvalue weighted by Crippen LogP contribution is -2.38. The van der Waals surface area contributed by atoms with E-state index in [1.807, 2.05) is 23.1 Å². The maximum absolute atomic E-state index is 13.2. The van der Waals surface area contributed by atoms with E-state index in [4.69, 9.17) is 5.73 Å². The van der Waals surface area contributed by atoms with Gasteiger partial charge in [-0.25, -0.2) is 0 Å². The highest BCUT2D eigenvalue weighted by atomic mass is 35.5. The molecule has 3 aromatic rings. The Morgan fingerprint density at radius 1 is 0.935 bits per heavy atom. The van der Waals surface area contributed by atoms with Crippen molar-refractivity contribution in [2.75, 3.05) is 13.1 Å². The zero-order valence-electron chi connectivity index (χ0n) is 18.0. The summed E-state index contributed by atoms with van der Waals surface area (Å²) in [5.41, 5.74) is 11.6. The van der Waals surface area contributed by atoms with E-state index in [2.05, 4.69) is 67.6 Å². The van der Waals surface area contributed by atoms with E-state index in [9.17, 15) is 4.79 Å². The Morgan fingerprint density at radius 2 is 1.61 bits per heavy atom. The van der Waals surface area contributed by atoms with E-state index in [0.29, 0.717) is 12.5 Å². The van der Waals surface area contributed by atoms with Crippen LogP contribution in [0.15, 0.2) is 78.9 Å². The van der Waals surface area contributed by atoms with E-state index >= 15 is 0 Å². The summed E-state index contributed by atoms with van der Waals surface area (Å²) in [4.78, 5) is 15.2. The number of nitrogens with zero attached hydrogens (tertiary/aromatic N) is 1.